The Kier molecular flexibility index (Phi) is 9.10. The molecule has 1 aromatic carbocycles. The number of rotatable bonds is 9. The van der Waals surface area contributed by atoms with Crippen molar-refractivity contribution in [3.8, 4) is 5.75 Å². The van der Waals surface area contributed by atoms with Gasteiger partial charge in [-0.25, -0.2) is 8.42 Å². The van der Waals surface area contributed by atoms with Crippen molar-refractivity contribution in [1.82, 2.24) is 14.5 Å². The van der Waals surface area contributed by atoms with E-state index in [4.69, 9.17) is 9.47 Å². The predicted octanol–water partition coefficient (Wildman–Crippen LogP) is 1.25. The summed E-state index contributed by atoms with van der Waals surface area (Å²) in [5.74, 6) is -0.000723. The van der Waals surface area contributed by atoms with Crippen molar-refractivity contribution in [3.63, 3.8) is 0 Å². The number of piperidine rings is 1. The van der Waals surface area contributed by atoms with Gasteiger partial charge in [-0.15, -0.1) is 0 Å². The number of likely N-dealkylation sites (tertiary alicyclic amines) is 1. The van der Waals surface area contributed by atoms with Crippen LogP contribution in [-0.2, 0) is 24.3 Å². The minimum absolute atomic E-state index is 0.0402. The van der Waals surface area contributed by atoms with Gasteiger partial charge in [-0.05, 0) is 38.8 Å². The van der Waals surface area contributed by atoms with Crippen molar-refractivity contribution < 1.29 is 27.5 Å². The molecule has 0 aromatic heterocycles. The zero-order valence-electron chi connectivity index (χ0n) is 19.4. The average molecular weight is 482 g/mol. The third-order valence-electron chi connectivity index (χ3n) is 5.91. The molecule has 0 saturated carbocycles. The second kappa shape index (κ2) is 11.8. The first-order valence-electron chi connectivity index (χ1n) is 11.6. The molecule has 2 fully saturated rings. The average Bonchev–Trinajstić information content (AvgIpc) is 2.79. The normalized spacial score (nSPS) is 24.3. The first kappa shape index (κ1) is 25.5. The number of amides is 2. The lowest BCUT2D eigenvalue weighted by Crippen LogP contribution is -2.50. The van der Waals surface area contributed by atoms with Gasteiger partial charge < -0.3 is 19.7 Å². The van der Waals surface area contributed by atoms with E-state index in [9.17, 15) is 18.0 Å². The Hall–Kier alpha value is -2.17. The minimum Gasteiger partial charge on any atom is -0.493 e. The quantitative estimate of drug-likeness (QED) is 0.569. The highest BCUT2D eigenvalue weighted by Crippen LogP contribution is 2.18. The lowest BCUT2D eigenvalue weighted by molar-refractivity contribution is -0.136. The Morgan fingerprint density at radius 1 is 1.12 bits per heavy atom. The summed E-state index contributed by atoms with van der Waals surface area (Å²) in [6, 6.07) is 9.32. The number of para-hydroxylation sites is 1. The molecule has 33 heavy (non-hydrogen) atoms. The second-order valence-corrected chi connectivity index (χ2v) is 10.9. The SMILES string of the molecule is CC1CN(S(=O)(=O)CCNC(=O)C2CCCN(C(=O)CCOc3ccccc3)C2)CC(C)O1. The van der Waals surface area contributed by atoms with Gasteiger partial charge in [-0.3, -0.25) is 9.59 Å². The molecule has 10 heteroatoms. The molecule has 1 aromatic rings. The van der Waals surface area contributed by atoms with Crippen LogP contribution < -0.4 is 10.1 Å². The molecule has 3 atom stereocenters. The molecule has 2 aliphatic rings. The van der Waals surface area contributed by atoms with E-state index >= 15 is 0 Å². The molecular formula is C23H35N3O6S. The fourth-order valence-electron chi connectivity index (χ4n) is 4.28. The Balaban J connectivity index is 1.40. The van der Waals surface area contributed by atoms with Crippen LogP contribution in [0.3, 0.4) is 0 Å². The third-order valence-corrected chi connectivity index (χ3v) is 7.72. The number of sulfonamides is 1. The van der Waals surface area contributed by atoms with Crippen molar-refractivity contribution in [3.05, 3.63) is 30.3 Å². The van der Waals surface area contributed by atoms with Crippen LogP contribution in [0.15, 0.2) is 30.3 Å². The Morgan fingerprint density at radius 3 is 2.52 bits per heavy atom. The van der Waals surface area contributed by atoms with Crippen LogP contribution in [0.5, 0.6) is 5.75 Å². The van der Waals surface area contributed by atoms with Crippen LogP contribution in [0.25, 0.3) is 0 Å². The number of nitrogens with one attached hydrogen (secondary N) is 1. The molecule has 2 amide bonds. The van der Waals surface area contributed by atoms with E-state index in [-0.39, 0.29) is 55.3 Å². The van der Waals surface area contributed by atoms with Crippen molar-refractivity contribution in [1.29, 1.82) is 0 Å². The second-order valence-electron chi connectivity index (χ2n) is 8.77. The van der Waals surface area contributed by atoms with Crippen LogP contribution in [0, 0.1) is 5.92 Å². The molecule has 0 aliphatic carbocycles. The van der Waals surface area contributed by atoms with Crippen molar-refractivity contribution >= 4 is 21.8 Å². The van der Waals surface area contributed by atoms with E-state index in [1.807, 2.05) is 44.2 Å². The van der Waals surface area contributed by atoms with E-state index in [2.05, 4.69) is 5.32 Å². The fourth-order valence-corrected chi connectivity index (χ4v) is 5.78. The molecule has 9 nitrogen and oxygen atoms in total. The van der Waals surface area contributed by atoms with E-state index in [0.717, 1.165) is 12.2 Å². The maximum absolute atomic E-state index is 12.6. The predicted molar refractivity (Wildman–Crippen MR) is 124 cm³/mol. The van der Waals surface area contributed by atoms with Gasteiger partial charge in [0.2, 0.25) is 21.8 Å². The Bertz CT molecular complexity index is 885. The molecule has 3 rings (SSSR count). The number of hydrogen-bond donors (Lipinski definition) is 1. The van der Waals surface area contributed by atoms with Gasteiger partial charge in [-0.1, -0.05) is 18.2 Å². The summed E-state index contributed by atoms with van der Waals surface area (Å²) < 4.78 is 37.9. The molecule has 0 bridgehead atoms. The van der Waals surface area contributed by atoms with Crippen molar-refractivity contribution in [2.45, 2.75) is 45.3 Å². The summed E-state index contributed by atoms with van der Waals surface area (Å²) >= 11 is 0. The van der Waals surface area contributed by atoms with Gasteiger partial charge in [0.05, 0.1) is 36.9 Å². The molecule has 0 radical (unpaired) electrons. The van der Waals surface area contributed by atoms with E-state index < -0.39 is 10.0 Å². The summed E-state index contributed by atoms with van der Waals surface area (Å²) in [7, 11) is -3.47. The summed E-state index contributed by atoms with van der Waals surface area (Å²) in [5.41, 5.74) is 0. The summed E-state index contributed by atoms with van der Waals surface area (Å²) in [4.78, 5) is 26.9. The number of carbonyl (C=O) groups is 2. The van der Waals surface area contributed by atoms with Gasteiger partial charge in [0, 0.05) is 32.7 Å². The largest absolute Gasteiger partial charge is 0.493 e. The van der Waals surface area contributed by atoms with Crippen LogP contribution in [0.4, 0.5) is 0 Å². The monoisotopic (exact) mass is 481 g/mol. The summed E-state index contributed by atoms with van der Waals surface area (Å²) in [6.45, 7) is 5.66. The van der Waals surface area contributed by atoms with Crippen LogP contribution in [-0.4, -0.2) is 86.7 Å². The smallest absolute Gasteiger partial charge is 0.226 e. The van der Waals surface area contributed by atoms with Crippen LogP contribution in [0.1, 0.15) is 33.1 Å². The molecule has 2 heterocycles. The Morgan fingerprint density at radius 2 is 1.82 bits per heavy atom. The highest BCUT2D eigenvalue weighted by molar-refractivity contribution is 7.89. The zero-order chi connectivity index (χ0) is 23.8. The van der Waals surface area contributed by atoms with Gasteiger partial charge in [0.15, 0.2) is 0 Å². The van der Waals surface area contributed by atoms with E-state index in [0.29, 0.717) is 32.6 Å². The molecule has 3 unspecified atom stereocenters. The molecule has 184 valence electrons. The molecule has 0 spiro atoms. The maximum Gasteiger partial charge on any atom is 0.226 e. The molecule has 2 saturated heterocycles. The lowest BCUT2D eigenvalue weighted by atomic mass is 9.97. The molecule has 2 aliphatic heterocycles. The number of carbonyl (C=O) groups excluding carboxylic acids is 2. The standard InChI is InChI=1S/C23H35N3O6S/c1-18-15-26(16-19(2)32-18)33(29,30)14-11-24-23(28)20-7-6-12-25(17-20)22(27)10-13-31-21-8-4-3-5-9-21/h3-5,8-9,18-20H,6-7,10-17H2,1-2H3,(H,24,28). The highest BCUT2D eigenvalue weighted by Gasteiger charge is 2.32. The first-order chi connectivity index (χ1) is 15.7. The molecular weight excluding hydrogens is 446 g/mol. The highest BCUT2D eigenvalue weighted by atomic mass is 32.2. The number of morpholine rings is 1. The minimum atomic E-state index is -3.47. The third kappa shape index (κ3) is 7.68. The zero-order valence-corrected chi connectivity index (χ0v) is 20.3. The lowest BCUT2D eigenvalue weighted by Gasteiger charge is -2.34. The van der Waals surface area contributed by atoms with Gasteiger partial charge in [0.1, 0.15) is 5.75 Å². The summed E-state index contributed by atoms with van der Waals surface area (Å²) in [5, 5.41) is 2.76. The summed E-state index contributed by atoms with van der Waals surface area (Å²) in [6.07, 6.45) is 1.37. The van der Waals surface area contributed by atoms with Crippen LogP contribution in [0.2, 0.25) is 0 Å². The van der Waals surface area contributed by atoms with Gasteiger partial charge >= 0.3 is 0 Å². The van der Waals surface area contributed by atoms with E-state index in [1.165, 1.54) is 4.31 Å². The van der Waals surface area contributed by atoms with Crippen LogP contribution >= 0.6 is 0 Å². The fraction of sp³-hybridized carbons (Fsp3) is 0.652. The Labute approximate surface area is 196 Å². The number of ether oxygens (including phenoxy) is 2. The first-order valence-corrected chi connectivity index (χ1v) is 13.2. The van der Waals surface area contributed by atoms with E-state index in [1.54, 1.807) is 4.90 Å². The number of benzene rings is 1. The molecule has 1 N–H and O–H groups in total. The van der Waals surface area contributed by atoms with Gasteiger partial charge in [-0.2, -0.15) is 4.31 Å². The van der Waals surface area contributed by atoms with Crippen molar-refractivity contribution in [2.24, 2.45) is 5.92 Å². The number of hydrogen-bond acceptors (Lipinski definition) is 6. The number of nitrogens with zero attached hydrogens (tertiary/aromatic N) is 2. The van der Waals surface area contributed by atoms with Crippen molar-refractivity contribution in [2.75, 3.05) is 45.1 Å². The topological polar surface area (TPSA) is 105 Å². The van der Waals surface area contributed by atoms with Gasteiger partial charge in [0.25, 0.3) is 0 Å². The maximum atomic E-state index is 12.6.